The molecule has 1 fully saturated rings. The second-order valence-electron chi connectivity index (χ2n) is 31.0. The van der Waals surface area contributed by atoms with Gasteiger partial charge in [0.1, 0.15) is 42.9 Å². The highest BCUT2D eigenvalue weighted by atomic mass is 16.6. The molecule has 11 amide bonds. The van der Waals surface area contributed by atoms with Crippen LogP contribution < -0.4 is 37.5 Å². The summed E-state index contributed by atoms with van der Waals surface area (Å²) < 4.78 is 51.8. The fourth-order valence-corrected chi connectivity index (χ4v) is 13.6. The van der Waals surface area contributed by atoms with E-state index >= 15 is 0 Å². The minimum atomic E-state index is -2.10. The van der Waals surface area contributed by atoms with E-state index in [1.807, 2.05) is 31.2 Å². The van der Waals surface area contributed by atoms with Crippen LogP contribution in [0, 0.1) is 5.92 Å². The van der Waals surface area contributed by atoms with Crippen LogP contribution in [0.2, 0.25) is 0 Å². The zero-order valence-electron chi connectivity index (χ0n) is 71.8. The highest BCUT2D eigenvalue weighted by Crippen LogP contribution is 2.43. The predicted octanol–water partition coefficient (Wildman–Crippen LogP) is 0.665. The standard InChI is InChI=1S/C82H121N13O27/c1-12-53-54-20-14-15-21-58(54)88-73-55(53)46-95-62(73)44-57-56(76(95)109)51-120-79(112)82(57,13-2)121-78(111)72(52(3)4)89-75(108)61-23-19-31-94(61)77(110)60(45-70(103)104)87-65(98)27-33-115-37-41-118-42-38-116-34-29-84-74(107)59(86-64(97)26-32-114-36-40-119-43-39-117-35-30-85-80(113)122-81(5,6)7)22-16-17-28-83-63(96)24-18-25-66(99)90(8)47-67(100)91(9)48-68(101)92(10)49-69(102)93(11)50-71(105)106/h14-15,20-21,44,52,59-61,72H,12-13,16-19,22-43,45-51H2,1-11H3,(H,83,96)(H,84,107)(H,85,113)(H,86,97)(H,87,98)(H,89,108)(H,103,104)(H,105,106)/t59-,60-,61-,72-,82-/m0/s1. The maximum Gasteiger partial charge on any atom is 0.407 e. The van der Waals surface area contributed by atoms with Gasteiger partial charge in [-0.25, -0.2) is 19.4 Å². The summed E-state index contributed by atoms with van der Waals surface area (Å²) in [6.07, 6.45) is 0.287. The molecule has 1 saturated heterocycles. The number of fused-ring (bicyclic) bond motifs is 5. The van der Waals surface area contributed by atoms with E-state index < -0.39 is 156 Å². The Morgan fingerprint density at radius 2 is 1.16 bits per heavy atom. The molecular formula is C82H121N13O27. The minimum Gasteiger partial charge on any atom is -0.481 e. The zero-order valence-corrected chi connectivity index (χ0v) is 71.8. The van der Waals surface area contributed by atoms with Gasteiger partial charge in [-0.05, 0) is 95.8 Å². The molecule has 0 radical (unpaired) electrons. The Morgan fingerprint density at radius 1 is 0.615 bits per heavy atom. The highest BCUT2D eigenvalue weighted by molar-refractivity contribution is 5.97. The SMILES string of the molecule is CCc1c2c(nc3ccccc13)-c1cc3c(c(=O)n1C2)COC(=O)[C@@]3(CC)OC(=O)[C@@H](NC(=O)[C@@H]1CCCN1C(=O)[C@H](CC(=O)O)NC(=O)CCOCCOCCOCCNC(=O)[C@H](CCCCNC(=O)CCCC(=O)N(C)CC(=O)N(C)CC(=O)N(C)CC(=O)N(C)CC(=O)O)NC(=O)CCOCCOCCOCCNC(=O)OC(C)(C)C)C(C)C. The van der Waals surface area contributed by atoms with Crippen molar-refractivity contribution < 1.29 is 125 Å². The number of nitrogens with zero attached hydrogens (tertiary/aromatic N) is 7. The Hall–Kier alpha value is -10.8. The molecule has 5 heterocycles. The monoisotopic (exact) mass is 1720 g/mol. The summed E-state index contributed by atoms with van der Waals surface area (Å²) in [4.78, 5) is 220. The van der Waals surface area contributed by atoms with Crippen molar-refractivity contribution in [3.8, 4) is 11.4 Å². The normalized spacial score (nSPS) is 15.3. The number of cyclic esters (lactones) is 1. The number of hydrogen-bond donors (Lipinski definition) is 8. The van der Waals surface area contributed by atoms with Crippen molar-refractivity contribution in [1.29, 1.82) is 0 Å². The van der Waals surface area contributed by atoms with Gasteiger partial charge in [0.25, 0.3) is 5.56 Å². The molecule has 6 rings (SSSR count). The number of nitrogens with one attached hydrogen (secondary N) is 6. The molecule has 3 aliphatic heterocycles. The Bertz CT molecular complexity index is 4210. The summed E-state index contributed by atoms with van der Waals surface area (Å²) in [5.41, 5.74) is 0.739. The summed E-state index contributed by atoms with van der Waals surface area (Å²) in [5.74, 6) is -11.1. The molecule has 676 valence electrons. The molecule has 2 aromatic heterocycles. The van der Waals surface area contributed by atoms with Crippen molar-refractivity contribution in [3.63, 3.8) is 0 Å². The van der Waals surface area contributed by atoms with Gasteiger partial charge in [0.2, 0.25) is 64.7 Å². The number of benzene rings is 1. The maximum absolute atomic E-state index is 14.5. The Morgan fingerprint density at radius 3 is 1.72 bits per heavy atom. The zero-order chi connectivity index (χ0) is 89.8. The molecule has 8 N–H and O–H groups in total. The lowest BCUT2D eigenvalue weighted by Crippen LogP contribution is -2.57. The number of aliphatic carboxylic acids is 2. The number of likely N-dealkylation sites (N-methyl/N-ethyl adjacent to an activating group) is 4. The van der Waals surface area contributed by atoms with E-state index in [-0.39, 0.29) is 194 Å². The molecule has 3 aromatic rings. The Kier molecular flexibility index (Phi) is 40.9. The van der Waals surface area contributed by atoms with Gasteiger partial charge >= 0.3 is 30.0 Å². The lowest BCUT2D eigenvalue weighted by atomic mass is 9.85. The van der Waals surface area contributed by atoms with E-state index in [9.17, 15) is 81.8 Å². The first kappa shape index (κ1) is 100. The van der Waals surface area contributed by atoms with Crippen LogP contribution in [-0.4, -0.2) is 323 Å². The topological polar surface area (TPSA) is 503 Å². The van der Waals surface area contributed by atoms with Crippen molar-refractivity contribution >= 4 is 99.9 Å². The molecule has 0 spiro atoms. The van der Waals surface area contributed by atoms with Gasteiger partial charge in [-0.3, -0.25) is 62.3 Å². The Balaban J connectivity index is 0.890. The first-order valence-corrected chi connectivity index (χ1v) is 41.2. The van der Waals surface area contributed by atoms with Crippen LogP contribution in [0.4, 0.5) is 4.79 Å². The number of rotatable bonds is 54. The van der Waals surface area contributed by atoms with Gasteiger partial charge in [-0.2, -0.15) is 0 Å². The second kappa shape index (κ2) is 49.9. The van der Waals surface area contributed by atoms with Crippen molar-refractivity contribution in [2.75, 3.05) is 160 Å². The summed E-state index contributed by atoms with van der Waals surface area (Å²) in [6.45, 7) is 12.2. The van der Waals surface area contributed by atoms with Crippen molar-refractivity contribution in [1.82, 2.24) is 66.0 Å². The molecule has 0 bridgehead atoms. The molecule has 40 nitrogen and oxygen atoms in total. The molecule has 122 heavy (non-hydrogen) atoms. The molecular weight excluding hydrogens is 1600 g/mol. The van der Waals surface area contributed by atoms with Crippen LogP contribution in [0.3, 0.4) is 0 Å². The molecule has 5 atom stereocenters. The van der Waals surface area contributed by atoms with Crippen LogP contribution in [0.25, 0.3) is 22.3 Å². The number of esters is 2. The number of carboxylic acid groups (broad SMARTS) is 2. The number of hydrogen-bond acceptors (Lipinski definition) is 26. The van der Waals surface area contributed by atoms with Crippen molar-refractivity contribution in [2.45, 2.75) is 180 Å². The van der Waals surface area contributed by atoms with E-state index in [0.29, 0.717) is 37.1 Å². The van der Waals surface area contributed by atoms with Gasteiger partial charge in [-0.15, -0.1) is 0 Å². The van der Waals surface area contributed by atoms with Crippen LogP contribution in [0.1, 0.15) is 148 Å². The number of aryl methyl sites for hydroxylation is 1. The van der Waals surface area contributed by atoms with Crippen molar-refractivity contribution in [2.24, 2.45) is 5.92 Å². The maximum atomic E-state index is 14.5. The number of pyridine rings is 2. The molecule has 3 aliphatic rings. The number of unbranched alkanes of at least 4 members (excludes halogenated alkanes) is 1. The third-order valence-corrected chi connectivity index (χ3v) is 20.2. The van der Waals surface area contributed by atoms with E-state index in [4.69, 9.17) is 52.7 Å². The van der Waals surface area contributed by atoms with Gasteiger partial charge in [-0.1, -0.05) is 45.9 Å². The number of carboxylic acids is 2. The molecule has 1 aromatic carbocycles. The number of carbonyl (C=O) groups excluding carboxylic acids is 13. The van der Waals surface area contributed by atoms with Crippen LogP contribution in [-0.2, 0) is 135 Å². The molecule has 0 aliphatic carbocycles. The number of aromatic nitrogens is 2. The predicted molar refractivity (Wildman–Crippen MR) is 436 cm³/mol. The smallest absolute Gasteiger partial charge is 0.407 e. The van der Waals surface area contributed by atoms with E-state index in [1.54, 1.807) is 52.2 Å². The first-order valence-electron chi connectivity index (χ1n) is 41.2. The van der Waals surface area contributed by atoms with Crippen molar-refractivity contribution in [3.05, 3.63) is 62.9 Å². The van der Waals surface area contributed by atoms with E-state index in [1.165, 1.54) is 28.2 Å². The number of ether oxygens (including phenoxy) is 9. The van der Waals surface area contributed by atoms with Gasteiger partial charge in [0, 0.05) is 96.6 Å². The number of para-hydroxylation sites is 1. The third-order valence-electron chi connectivity index (χ3n) is 20.2. The summed E-state index contributed by atoms with van der Waals surface area (Å²) in [7, 11) is 5.36. The minimum absolute atomic E-state index is 0.0130. The van der Waals surface area contributed by atoms with Crippen LogP contribution in [0.15, 0.2) is 35.1 Å². The summed E-state index contributed by atoms with van der Waals surface area (Å²) >= 11 is 0. The van der Waals surface area contributed by atoms with Gasteiger partial charge in [0.15, 0.2) is 0 Å². The number of alkyl carbamates (subject to hydrolysis) is 1. The van der Waals surface area contributed by atoms with Gasteiger partial charge < -0.3 is 114 Å². The number of amides is 11. The van der Waals surface area contributed by atoms with Crippen LogP contribution >= 0.6 is 0 Å². The van der Waals surface area contributed by atoms with E-state index in [0.717, 1.165) is 46.5 Å². The summed E-state index contributed by atoms with van der Waals surface area (Å²) in [6, 6.07) is 4.15. The molecule has 0 saturated carbocycles. The number of likely N-dealkylation sites (tertiary alicyclic amines) is 1. The fraction of sp³-hybridized carbons (Fsp3) is 0.646. The lowest BCUT2D eigenvalue weighted by Gasteiger charge is -2.37. The lowest BCUT2D eigenvalue weighted by molar-refractivity contribution is -0.191. The third kappa shape index (κ3) is 31.3. The van der Waals surface area contributed by atoms with E-state index in [2.05, 4.69) is 31.9 Å². The average Bonchev–Trinajstić information content (AvgIpc) is 1.51. The van der Waals surface area contributed by atoms with Crippen LogP contribution in [0.5, 0.6) is 0 Å². The highest BCUT2D eigenvalue weighted by Gasteiger charge is 2.52. The van der Waals surface area contributed by atoms with Gasteiger partial charge in [0.05, 0.1) is 134 Å². The second-order valence-corrected chi connectivity index (χ2v) is 31.0. The average molecular weight is 1720 g/mol. The largest absolute Gasteiger partial charge is 0.481 e. The summed E-state index contributed by atoms with van der Waals surface area (Å²) in [5, 5.41) is 35.8. The molecule has 40 heteroatoms. The fourth-order valence-electron chi connectivity index (χ4n) is 13.6. The quantitative estimate of drug-likeness (QED) is 0.0171. The molecule has 0 unspecified atom stereocenters. The Labute approximate surface area is 708 Å². The first-order chi connectivity index (χ1) is 58.0. The number of carbonyl (C=O) groups is 15.